The molecule has 0 atom stereocenters. The SMILES string of the molecule is [CH-]=C=C=C=C=C=C(C=CC)NC(C)=O. The first-order valence-electron chi connectivity index (χ1n) is 3.94. The van der Waals surface area contributed by atoms with Gasteiger partial charge in [0.2, 0.25) is 5.91 Å². The number of hydrogen-bond donors (Lipinski definition) is 1. The van der Waals surface area contributed by atoms with E-state index in [0.717, 1.165) is 0 Å². The lowest BCUT2D eigenvalue weighted by molar-refractivity contribution is -0.118. The van der Waals surface area contributed by atoms with Crippen molar-refractivity contribution in [3.63, 3.8) is 0 Å². The van der Waals surface area contributed by atoms with Crippen LogP contribution in [0, 0.1) is 6.58 Å². The van der Waals surface area contributed by atoms with Gasteiger partial charge in [-0.1, -0.05) is 6.08 Å². The van der Waals surface area contributed by atoms with Crippen LogP contribution >= 0.6 is 0 Å². The number of nitrogens with one attached hydrogen (secondary N) is 1. The van der Waals surface area contributed by atoms with Crippen molar-refractivity contribution in [3.8, 4) is 0 Å². The molecule has 0 aliphatic rings. The highest BCUT2D eigenvalue weighted by Crippen LogP contribution is 1.87. The van der Waals surface area contributed by atoms with E-state index in [-0.39, 0.29) is 5.91 Å². The van der Waals surface area contributed by atoms with Gasteiger partial charge in [-0.2, -0.15) is 0 Å². The predicted octanol–water partition coefficient (Wildman–Crippen LogP) is 1.79. The van der Waals surface area contributed by atoms with Gasteiger partial charge in [0.1, 0.15) is 0 Å². The molecule has 0 aliphatic carbocycles. The molecule has 0 aromatic rings. The molecule has 14 heavy (non-hydrogen) atoms. The summed E-state index contributed by atoms with van der Waals surface area (Å²) in [5.74, 6) is -0.169. The highest BCUT2D eigenvalue weighted by Gasteiger charge is 1.91. The standard InChI is InChI=1S/C12H10NO/c1-4-6-7-8-10-12(9-5-2)13-11(3)14/h1,5,9H,2-3H3,(H,13,14)/q-1. The van der Waals surface area contributed by atoms with E-state index >= 15 is 0 Å². The second-order valence-electron chi connectivity index (χ2n) is 2.24. The van der Waals surface area contributed by atoms with Gasteiger partial charge in [0.05, 0.1) is 5.70 Å². The third-order valence-corrected chi connectivity index (χ3v) is 1.04. The van der Waals surface area contributed by atoms with Crippen LogP contribution in [0.5, 0.6) is 0 Å². The molecule has 1 amide bonds. The van der Waals surface area contributed by atoms with Crippen molar-refractivity contribution in [3.05, 3.63) is 53.1 Å². The maximum absolute atomic E-state index is 10.7. The van der Waals surface area contributed by atoms with Gasteiger partial charge in [0.15, 0.2) is 0 Å². The highest BCUT2D eigenvalue weighted by atomic mass is 16.1. The molecule has 0 unspecified atom stereocenters. The topological polar surface area (TPSA) is 29.1 Å². The van der Waals surface area contributed by atoms with E-state index in [9.17, 15) is 4.79 Å². The zero-order chi connectivity index (χ0) is 10.8. The lowest BCUT2D eigenvalue weighted by atomic mass is 10.4. The van der Waals surface area contributed by atoms with E-state index in [4.69, 9.17) is 6.58 Å². The Hall–Kier alpha value is -2.15. The van der Waals surface area contributed by atoms with Crippen molar-refractivity contribution < 1.29 is 4.79 Å². The van der Waals surface area contributed by atoms with Crippen LogP contribution in [0.4, 0.5) is 0 Å². The van der Waals surface area contributed by atoms with Crippen molar-refractivity contribution in [1.82, 2.24) is 5.32 Å². The molecule has 1 N–H and O–H groups in total. The predicted molar refractivity (Wildman–Crippen MR) is 54.0 cm³/mol. The Morgan fingerprint density at radius 2 is 2.07 bits per heavy atom. The van der Waals surface area contributed by atoms with Crippen LogP contribution in [-0.2, 0) is 4.79 Å². The minimum atomic E-state index is -0.169. The van der Waals surface area contributed by atoms with Gasteiger partial charge < -0.3 is 5.32 Å². The summed E-state index contributed by atoms with van der Waals surface area (Å²) in [6.07, 6.45) is 3.46. The van der Waals surface area contributed by atoms with Crippen LogP contribution < -0.4 is 5.32 Å². The fraction of sp³-hybridized carbons (Fsp3) is 0.167. The van der Waals surface area contributed by atoms with Crippen LogP contribution in [0.3, 0.4) is 0 Å². The molecule has 0 spiro atoms. The fourth-order valence-corrected chi connectivity index (χ4v) is 0.637. The van der Waals surface area contributed by atoms with Crippen LogP contribution in [-0.4, -0.2) is 5.91 Å². The van der Waals surface area contributed by atoms with Gasteiger partial charge in [-0.15, -0.1) is 5.73 Å². The Morgan fingerprint density at radius 1 is 1.36 bits per heavy atom. The fourth-order valence-electron chi connectivity index (χ4n) is 0.637. The Bertz CT molecular complexity index is 425. The number of amides is 1. The molecule has 70 valence electrons. The number of allylic oxidation sites excluding steroid dienone is 2. The first-order valence-corrected chi connectivity index (χ1v) is 3.94. The zero-order valence-corrected chi connectivity index (χ0v) is 8.14. The van der Waals surface area contributed by atoms with Crippen LogP contribution in [0.1, 0.15) is 13.8 Å². The summed E-state index contributed by atoms with van der Waals surface area (Å²) < 4.78 is 0. The maximum atomic E-state index is 10.7. The molecule has 2 heteroatoms. The lowest BCUT2D eigenvalue weighted by Crippen LogP contribution is -2.16. The van der Waals surface area contributed by atoms with Gasteiger partial charge in [-0.05, 0) is 24.5 Å². The Kier molecular flexibility index (Phi) is 6.35. The third kappa shape index (κ3) is 6.55. The van der Waals surface area contributed by atoms with Gasteiger partial charge >= 0.3 is 0 Å². The molecule has 0 fully saturated rings. The lowest BCUT2D eigenvalue weighted by Gasteiger charge is -1.96. The molecule has 2 nitrogen and oxygen atoms in total. The number of hydrogen-bond acceptors (Lipinski definition) is 1. The summed E-state index contributed by atoms with van der Waals surface area (Å²) in [6, 6.07) is 0. The minimum absolute atomic E-state index is 0.169. The Balaban J connectivity index is 5.20. The normalized spacial score (nSPS) is 7.57. The van der Waals surface area contributed by atoms with Crippen LogP contribution in [0.2, 0.25) is 0 Å². The molecular weight excluding hydrogens is 174 g/mol. The largest absolute Gasteiger partial charge is 0.319 e. The van der Waals surface area contributed by atoms with E-state index in [1.807, 2.05) is 6.92 Å². The zero-order valence-electron chi connectivity index (χ0n) is 8.14. The number of rotatable bonds is 2. The van der Waals surface area contributed by atoms with Crippen LogP contribution in [0.25, 0.3) is 0 Å². The van der Waals surface area contributed by atoms with E-state index in [1.54, 1.807) is 12.2 Å². The summed E-state index contributed by atoms with van der Waals surface area (Å²) in [6.45, 7) is 8.15. The third-order valence-electron chi connectivity index (χ3n) is 1.04. The van der Waals surface area contributed by atoms with Crippen molar-refractivity contribution in [2.75, 3.05) is 0 Å². The van der Waals surface area contributed by atoms with Crippen molar-refractivity contribution in [2.45, 2.75) is 13.8 Å². The molecule has 0 saturated carbocycles. The summed E-state index contributed by atoms with van der Waals surface area (Å²) in [7, 11) is 0. The number of carbonyl (C=O) groups is 1. The maximum Gasteiger partial charge on any atom is 0.221 e. The average Bonchev–Trinajstić information content (AvgIpc) is 2.12. The second-order valence-corrected chi connectivity index (χ2v) is 2.24. The molecule has 0 aromatic heterocycles. The van der Waals surface area contributed by atoms with Crippen LogP contribution in [0.15, 0.2) is 46.5 Å². The van der Waals surface area contributed by atoms with E-state index < -0.39 is 0 Å². The van der Waals surface area contributed by atoms with E-state index in [1.165, 1.54) is 6.92 Å². The highest BCUT2D eigenvalue weighted by molar-refractivity contribution is 5.75. The molecule has 0 heterocycles. The number of carbonyl (C=O) groups excluding carboxylic acids is 1. The molecule has 0 saturated heterocycles. The van der Waals surface area contributed by atoms with Gasteiger partial charge in [0.25, 0.3) is 0 Å². The van der Waals surface area contributed by atoms with Crippen molar-refractivity contribution >= 4 is 5.91 Å². The monoisotopic (exact) mass is 184 g/mol. The molecule has 0 bridgehead atoms. The molecule has 0 aromatic carbocycles. The molecule has 0 aliphatic heterocycles. The summed E-state index contributed by atoms with van der Waals surface area (Å²) in [5, 5.41) is 2.56. The minimum Gasteiger partial charge on any atom is -0.319 e. The summed E-state index contributed by atoms with van der Waals surface area (Å²) in [5.41, 5.74) is 12.6. The van der Waals surface area contributed by atoms with Gasteiger partial charge in [-0.25, -0.2) is 12.3 Å². The van der Waals surface area contributed by atoms with E-state index in [2.05, 4.69) is 34.0 Å². The summed E-state index contributed by atoms with van der Waals surface area (Å²) in [4.78, 5) is 10.7. The molecule has 0 radical (unpaired) electrons. The summed E-state index contributed by atoms with van der Waals surface area (Å²) >= 11 is 0. The first-order chi connectivity index (χ1) is 6.70. The van der Waals surface area contributed by atoms with Gasteiger partial charge in [-0.3, -0.25) is 10.5 Å². The van der Waals surface area contributed by atoms with Crippen molar-refractivity contribution in [1.29, 1.82) is 0 Å². The Labute approximate surface area is 83.6 Å². The Morgan fingerprint density at radius 3 is 2.57 bits per heavy atom. The second kappa shape index (κ2) is 7.50. The van der Waals surface area contributed by atoms with E-state index in [0.29, 0.717) is 5.70 Å². The van der Waals surface area contributed by atoms with Gasteiger partial charge in [0, 0.05) is 6.92 Å². The molecule has 0 rings (SSSR count). The average molecular weight is 184 g/mol. The molecular formula is C12H10NO-. The quantitative estimate of drug-likeness (QED) is 0.395. The first kappa shape index (κ1) is 11.8. The smallest absolute Gasteiger partial charge is 0.221 e. The van der Waals surface area contributed by atoms with Crippen molar-refractivity contribution in [2.24, 2.45) is 0 Å².